The second-order valence-corrected chi connectivity index (χ2v) is 5.49. The van der Waals surface area contributed by atoms with E-state index in [0.29, 0.717) is 15.6 Å². The molecule has 0 unspecified atom stereocenters. The highest BCUT2D eigenvalue weighted by molar-refractivity contribution is 9.10. The maximum absolute atomic E-state index is 13.8. The highest BCUT2D eigenvalue weighted by Crippen LogP contribution is 2.19. The topological polar surface area (TPSA) is 38.3 Å². The third-order valence-corrected chi connectivity index (χ3v) is 3.72. The van der Waals surface area contributed by atoms with Gasteiger partial charge < -0.3 is 10.1 Å². The fraction of sp³-hybridized carbons (Fsp3) is 0.188. The second kappa shape index (κ2) is 7.47. The highest BCUT2D eigenvalue weighted by Gasteiger charge is 2.15. The van der Waals surface area contributed by atoms with Gasteiger partial charge in [-0.25, -0.2) is 8.78 Å². The lowest BCUT2D eigenvalue weighted by molar-refractivity contribution is 0.0946. The average molecular weight is 370 g/mol. The number of carbonyl (C=O) groups excluding carboxylic acids is 1. The molecule has 0 saturated heterocycles. The van der Waals surface area contributed by atoms with Gasteiger partial charge in [-0.2, -0.15) is 0 Å². The number of ether oxygens (including phenoxy) is 1. The zero-order chi connectivity index (χ0) is 16.1. The Morgan fingerprint density at radius 3 is 2.64 bits per heavy atom. The van der Waals surface area contributed by atoms with Gasteiger partial charge in [0.15, 0.2) is 0 Å². The summed E-state index contributed by atoms with van der Waals surface area (Å²) >= 11 is 3.14. The van der Waals surface area contributed by atoms with E-state index in [1.807, 2.05) is 0 Å². The molecule has 2 rings (SSSR count). The molecule has 0 aliphatic rings. The lowest BCUT2D eigenvalue weighted by Gasteiger charge is -2.09. The molecule has 0 spiro atoms. The molecule has 0 aliphatic heterocycles. The van der Waals surface area contributed by atoms with Crippen LogP contribution in [-0.4, -0.2) is 13.0 Å². The molecule has 116 valence electrons. The maximum atomic E-state index is 13.8. The first kappa shape index (κ1) is 16.6. The fourth-order valence-electron chi connectivity index (χ4n) is 1.96. The Bertz CT molecular complexity index is 672. The first-order valence-electron chi connectivity index (χ1n) is 6.51. The van der Waals surface area contributed by atoms with E-state index in [-0.39, 0.29) is 18.7 Å². The molecular weight excluding hydrogens is 356 g/mol. The molecule has 0 atom stereocenters. The molecule has 0 aromatic heterocycles. The Labute approximate surface area is 135 Å². The molecule has 2 aromatic carbocycles. The minimum absolute atomic E-state index is 0.0704. The lowest BCUT2D eigenvalue weighted by atomic mass is 10.1. The van der Waals surface area contributed by atoms with Crippen molar-refractivity contribution in [1.29, 1.82) is 0 Å². The molecule has 0 fully saturated rings. The maximum Gasteiger partial charge on any atom is 0.255 e. The number of methoxy groups -OCH3 is 1. The largest absolute Gasteiger partial charge is 0.380 e. The van der Waals surface area contributed by atoms with Crippen LogP contribution in [0, 0.1) is 11.6 Å². The first-order chi connectivity index (χ1) is 10.5. The van der Waals surface area contributed by atoms with Crippen LogP contribution in [0.3, 0.4) is 0 Å². The van der Waals surface area contributed by atoms with Gasteiger partial charge in [-0.3, -0.25) is 4.79 Å². The third kappa shape index (κ3) is 3.90. The summed E-state index contributed by atoms with van der Waals surface area (Å²) in [7, 11) is 1.49. The lowest BCUT2D eigenvalue weighted by Crippen LogP contribution is -2.24. The quantitative estimate of drug-likeness (QED) is 0.870. The van der Waals surface area contributed by atoms with Crippen LogP contribution in [0.4, 0.5) is 8.78 Å². The van der Waals surface area contributed by atoms with Crippen LogP contribution in [0.15, 0.2) is 40.9 Å². The molecule has 1 N–H and O–H groups in total. The van der Waals surface area contributed by atoms with E-state index < -0.39 is 17.5 Å². The van der Waals surface area contributed by atoms with Gasteiger partial charge >= 0.3 is 0 Å². The van der Waals surface area contributed by atoms with Gasteiger partial charge in [-0.1, -0.05) is 18.2 Å². The predicted molar refractivity (Wildman–Crippen MR) is 82.4 cm³/mol. The minimum Gasteiger partial charge on any atom is -0.380 e. The van der Waals surface area contributed by atoms with E-state index >= 15 is 0 Å². The van der Waals surface area contributed by atoms with Gasteiger partial charge in [-0.15, -0.1) is 0 Å². The second-order valence-electron chi connectivity index (χ2n) is 4.64. The summed E-state index contributed by atoms with van der Waals surface area (Å²) < 4.78 is 32.7. The van der Waals surface area contributed by atoms with Crippen molar-refractivity contribution >= 4 is 21.8 Å². The van der Waals surface area contributed by atoms with Crippen LogP contribution in [0.1, 0.15) is 21.5 Å². The standard InChI is InChI=1S/C16H14BrF2NO2/c1-22-9-11-6-5-10(7-14(11)19)8-20-16(21)15-12(17)3-2-4-13(15)18/h2-7H,8-9H2,1H3,(H,20,21). The van der Waals surface area contributed by atoms with Crippen molar-refractivity contribution in [3.05, 3.63) is 69.2 Å². The molecule has 0 heterocycles. The molecule has 2 aromatic rings. The monoisotopic (exact) mass is 369 g/mol. The molecule has 0 radical (unpaired) electrons. The van der Waals surface area contributed by atoms with E-state index in [2.05, 4.69) is 21.2 Å². The summed E-state index contributed by atoms with van der Waals surface area (Å²) in [4.78, 5) is 12.0. The van der Waals surface area contributed by atoms with E-state index in [4.69, 9.17) is 4.74 Å². The van der Waals surface area contributed by atoms with Crippen LogP contribution >= 0.6 is 15.9 Å². The molecule has 0 aliphatic carbocycles. The number of carbonyl (C=O) groups is 1. The predicted octanol–water partition coefficient (Wildman–Crippen LogP) is 3.80. The summed E-state index contributed by atoms with van der Waals surface area (Å²) in [6, 6.07) is 8.90. The minimum atomic E-state index is -0.617. The van der Waals surface area contributed by atoms with Crippen molar-refractivity contribution < 1.29 is 18.3 Å². The number of nitrogens with one attached hydrogen (secondary N) is 1. The van der Waals surface area contributed by atoms with Crippen molar-refractivity contribution in [3.63, 3.8) is 0 Å². The van der Waals surface area contributed by atoms with E-state index in [9.17, 15) is 13.6 Å². The number of hydrogen-bond donors (Lipinski definition) is 1. The van der Waals surface area contributed by atoms with Crippen LogP contribution in [0.25, 0.3) is 0 Å². The molecule has 22 heavy (non-hydrogen) atoms. The summed E-state index contributed by atoms with van der Waals surface area (Å²) in [5, 5.41) is 2.57. The summed E-state index contributed by atoms with van der Waals surface area (Å²) in [5.74, 6) is -1.58. The van der Waals surface area contributed by atoms with Gasteiger partial charge in [0.2, 0.25) is 0 Å². The third-order valence-electron chi connectivity index (χ3n) is 3.06. The van der Waals surface area contributed by atoms with Gasteiger partial charge in [0, 0.05) is 23.7 Å². The van der Waals surface area contributed by atoms with Crippen molar-refractivity contribution in [1.82, 2.24) is 5.32 Å². The van der Waals surface area contributed by atoms with Crippen LogP contribution < -0.4 is 5.32 Å². The summed E-state index contributed by atoms with van der Waals surface area (Å²) in [5.41, 5.74) is 0.951. The Kier molecular flexibility index (Phi) is 5.63. The number of benzene rings is 2. The zero-order valence-corrected chi connectivity index (χ0v) is 13.4. The van der Waals surface area contributed by atoms with Crippen LogP contribution in [-0.2, 0) is 17.9 Å². The van der Waals surface area contributed by atoms with Gasteiger partial charge in [-0.05, 0) is 39.7 Å². The van der Waals surface area contributed by atoms with Crippen molar-refractivity contribution in [2.45, 2.75) is 13.2 Å². The van der Waals surface area contributed by atoms with E-state index in [1.165, 1.54) is 25.3 Å². The molecule has 0 saturated carbocycles. The number of amides is 1. The zero-order valence-electron chi connectivity index (χ0n) is 11.8. The van der Waals surface area contributed by atoms with Crippen molar-refractivity contribution in [2.75, 3.05) is 7.11 Å². The van der Waals surface area contributed by atoms with Crippen LogP contribution in [0.2, 0.25) is 0 Å². The summed E-state index contributed by atoms with van der Waals surface area (Å²) in [6.45, 7) is 0.282. The van der Waals surface area contributed by atoms with E-state index in [0.717, 1.165) is 0 Å². The average Bonchev–Trinajstić information content (AvgIpc) is 2.47. The van der Waals surface area contributed by atoms with Gasteiger partial charge in [0.25, 0.3) is 5.91 Å². The molecule has 0 bridgehead atoms. The number of rotatable bonds is 5. The van der Waals surface area contributed by atoms with Gasteiger partial charge in [0.05, 0.1) is 12.2 Å². The van der Waals surface area contributed by atoms with Gasteiger partial charge in [0.1, 0.15) is 11.6 Å². The Morgan fingerprint density at radius 2 is 2.00 bits per heavy atom. The highest BCUT2D eigenvalue weighted by atomic mass is 79.9. The SMILES string of the molecule is COCc1ccc(CNC(=O)c2c(F)cccc2Br)cc1F. The number of halogens is 3. The smallest absolute Gasteiger partial charge is 0.255 e. The van der Waals surface area contributed by atoms with Crippen molar-refractivity contribution in [2.24, 2.45) is 0 Å². The summed E-state index contributed by atoms with van der Waals surface area (Å²) in [6.07, 6.45) is 0. The van der Waals surface area contributed by atoms with E-state index in [1.54, 1.807) is 18.2 Å². The van der Waals surface area contributed by atoms with Crippen LogP contribution in [0.5, 0.6) is 0 Å². The normalized spacial score (nSPS) is 10.5. The van der Waals surface area contributed by atoms with Crippen molar-refractivity contribution in [3.8, 4) is 0 Å². The fourth-order valence-corrected chi connectivity index (χ4v) is 2.48. The number of hydrogen-bond acceptors (Lipinski definition) is 2. The first-order valence-corrected chi connectivity index (χ1v) is 7.30. The Balaban J connectivity index is 2.07. The molecule has 1 amide bonds. The Hall–Kier alpha value is -1.79. The molecule has 6 heteroatoms. The molecule has 3 nitrogen and oxygen atoms in total. The molecular formula is C16H14BrF2NO2. The Morgan fingerprint density at radius 1 is 1.23 bits per heavy atom.